The van der Waals surface area contributed by atoms with E-state index in [4.69, 9.17) is 11.6 Å². The smallest absolute Gasteiger partial charge is 0.275 e. The number of carbonyl (C=O) groups excluding carboxylic acids is 1. The fraction of sp³-hybridized carbons (Fsp3) is 0.0625. The Bertz CT molecular complexity index is 817. The van der Waals surface area contributed by atoms with Crippen molar-refractivity contribution in [2.45, 2.75) is 6.92 Å². The van der Waals surface area contributed by atoms with E-state index in [1.165, 1.54) is 11.3 Å². The summed E-state index contributed by atoms with van der Waals surface area (Å²) in [7, 11) is 0. The van der Waals surface area contributed by atoms with Gasteiger partial charge in [0, 0.05) is 11.6 Å². The van der Waals surface area contributed by atoms with Crippen LogP contribution in [0, 0.1) is 6.92 Å². The number of anilines is 1. The van der Waals surface area contributed by atoms with Crippen molar-refractivity contribution in [3.8, 4) is 10.7 Å². The first kappa shape index (κ1) is 14.7. The number of benzene rings is 1. The number of carbonyl (C=O) groups is 1. The first-order valence-electron chi connectivity index (χ1n) is 6.58. The molecule has 0 saturated carbocycles. The number of thiazole rings is 1. The van der Waals surface area contributed by atoms with Gasteiger partial charge in [0.2, 0.25) is 0 Å². The first-order chi connectivity index (χ1) is 10.6. The van der Waals surface area contributed by atoms with Crippen molar-refractivity contribution in [2.24, 2.45) is 0 Å². The van der Waals surface area contributed by atoms with Crippen LogP contribution in [0.15, 0.2) is 48.0 Å². The number of hydrogen-bond acceptors (Lipinski definition) is 4. The molecule has 0 aliphatic carbocycles. The highest BCUT2D eigenvalue weighted by molar-refractivity contribution is 7.13. The molecule has 0 aliphatic heterocycles. The summed E-state index contributed by atoms with van der Waals surface area (Å²) in [5.74, 6) is -0.286. The molecule has 1 aromatic carbocycles. The lowest BCUT2D eigenvalue weighted by Gasteiger charge is -2.07. The number of nitrogens with one attached hydrogen (secondary N) is 1. The van der Waals surface area contributed by atoms with Gasteiger partial charge in [0.15, 0.2) is 0 Å². The zero-order chi connectivity index (χ0) is 15.5. The Hall–Kier alpha value is -2.24. The van der Waals surface area contributed by atoms with Crippen molar-refractivity contribution >= 4 is 34.5 Å². The van der Waals surface area contributed by atoms with E-state index in [1.54, 1.807) is 17.6 Å². The van der Waals surface area contributed by atoms with Crippen LogP contribution in [-0.4, -0.2) is 15.9 Å². The van der Waals surface area contributed by atoms with Crippen LogP contribution in [0.4, 0.5) is 5.69 Å². The van der Waals surface area contributed by atoms with Gasteiger partial charge >= 0.3 is 0 Å². The van der Waals surface area contributed by atoms with Crippen molar-refractivity contribution in [3.05, 3.63) is 64.3 Å². The highest BCUT2D eigenvalue weighted by Crippen LogP contribution is 2.26. The molecule has 6 heteroatoms. The largest absolute Gasteiger partial charge is 0.319 e. The number of rotatable bonds is 3. The molecule has 3 aromatic rings. The molecule has 0 aliphatic rings. The highest BCUT2D eigenvalue weighted by Gasteiger charge is 2.14. The molecule has 0 atom stereocenters. The Balaban J connectivity index is 1.82. The van der Waals surface area contributed by atoms with Crippen LogP contribution >= 0.6 is 22.9 Å². The number of aryl methyl sites for hydroxylation is 1. The van der Waals surface area contributed by atoms with Gasteiger partial charge in [0.05, 0.1) is 16.4 Å². The minimum atomic E-state index is -0.286. The zero-order valence-corrected chi connectivity index (χ0v) is 13.3. The lowest BCUT2D eigenvalue weighted by Crippen LogP contribution is -2.12. The van der Waals surface area contributed by atoms with Crippen LogP contribution in [-0.2, 0) is 0 Å². The van der Waals surface area contributed by atoms with Crippen molar-refractivity contribution < 1.29 is 4.79 Å². The maximum Gasteiger partial charge on any atom is 0.275 e. The van der Waals surface area contributed by atoms with E-state index in [9.17, 15) is 4.79 Å². The summed E-state index contributed by atoms with van der Waals surface area (Å²) in [4.78, 5) is 20.8. The van der Waals surface area contributed by atoms with Crippen LogP contribution in [0.25, 0.3) is 10.7 Å². The molecule has 0 saturated heterocycles. The second-order valence-electron chi connectivity index (χ2n) is 4.64. The molecule has 2 aromatic heterocycles. The van der Waals surface area contributed by atoms with Crippen LogP contribution in [0.5, 0.6) is 0 Å². The average molecular weight is 330 g/mol. The van der Waals surface area contributed by atoms with Crippen molar-refractivity contribution in [3.63, 3.8) is 0 Å². The van der Waals surface area contributed by atoms with Crippen molar-refractivity contribution in [1.82, 2.24) is 9.97 Å². The zero-order valence-electron chi connectivity index (χ0n) is 11.7. The summed E-state index contributed by atoms with van der Waals surface area (Å²) < 4.78 is 0. The molecular weight excluding hydrogens is 318 g/mol. The Morgan fingerprint density at radius 2 is 2.09 bits per heavy atom. The second kappa shape index (κ2) is 6.25. The van der Waals surface area contributed by atoms with Crippen LogP contribution in [0.2, 0.25) is 5.02 Å². The summed E-state index contributed by atoms with van der Waals surface area (Å²) in [5, 5.41) is 5.74. The molecule has 22 heavy (non-hydrogen) atoms. The summed E-state index contributed by atoms with van der Waals surface area (Å²) >= 11 is 7.56. The second-order valence-corrected chi connectivity index (χ2v) is 5.88. The van der Waals surface area contributed by atoms with Crippen LogP contribution < -0.4 is 5.32 Å². The van der Waals surface area contributed by atoms with Crippen molar-refractivity contribution in [1.29, 1.82) is 0 Å². The van der Waals surface area contributed by atoms with E-state index >= 15 is 0 Å². The number of pyridine rings is 1. The summed E-state index contributed by atoms with van der Waals surface area (Å²) in [6.45, 7) is 1.89. The SMILES string of the molecule is Cc1cccc(NC(=O)c2csc(-c3ccccn3)n2)c1Cl. The van der Waals surface area contributed by atoms with Crippen LogP contribution in [0.3, 0.4) is 0 Å². The monoisotopic (exact) mass is 329 g/mol. The van der Waals surface area contributed by atoms with Gasteiger partial charge in [-0.25, -0.2) is 4.98 Å². The van der Waals surface area contributed by atoms with E-state index < -0.39 is 0 Å². The van der Waals surface area contributed by atoms with Gasteiger partial charge in [-0.15, -0.1) is 11.3 Å². The summed E-state index contributed by atoms with van der Waals surface area (Å²) in [6, 6.07) is 11.1. The number of halogens is 1. The number of hydrogen-bond donors (Lipinski definition) is 1. The minimum Gasteiger partial charge on any atom is -0.319 e. The third-order valence-corrected chi connectivity index (χ3v) is 4.43. The highest BCUT2D eigenvalue weighted by atomic mass is 35.5. The van der Waals surface area contributed by atoms with E-state index in [1.807, 2.05) is 37.3 Å². The molecule has 4 nitrogen and oxygen atoms in total. The molecule has 2 heterocycles. The molecular formula is C16H12ClN3OS. The molecule has 1 amide bonds. The maximum absolute atomic E-state index is 12.3. The fourth-order valence-electron chi connectivity index (χ4n) is 1.92. The molecule has 1 N–H and O–H groups in total. The summed E-state index contributed by atoms with van der Waals surface area (Å²) in [6.07, 6.45) is 1.70. The number of nitrogens with zero attached hydrogens (tertiary/aromatic N) is 2. The average Bonchev–Trinajstić information content (AvgIpc) is 3.03. The van der Waals surface area contributed by atoms with E-state index in [0.29, 0.717) is 21.4 Å². The van der Waals surface area contributed by atoms with Gasteiger partial charge in [-0.1, -0.05) is 29.8 Å². The molecule has 0 radical (unpaired) electrons. The molecule has 0 unspecified atom stereocenters. The quantitative estimate of drug-likeness (QED) is 0.774. The van der Waals surface area contributed by atoms with Gasteiger partial charge in [0.1, 0.15) is 10.7 Å². The minimum absolute atomic E-state index is 0.286. The lowest BCUT2D eigenvalue weighted by atomic mass is 10.2. The Labute approximate surface area is 136 Å². The number of aromatic nitrogens is 2. The molecule has 3 rings (SSSR count). The molecule has 0 bridgehead atoms. The third kappa shape index (κ3) is 3.00. The van der Waals surface area contributed by atoms with Gasteiger partial charge in [0.25, 0.3) is 5.91 Å². The maximum atomic E-state index is 12.3. The van der Waals surface area contributed by atoms with Gasteiger partial charge in [-0.3, -0.25) is 9.78 Å². The van der Waals surface area contributed by atoms with Gasteiger partial charge in [-0.2, -0.15) is 0 Å². The van der Waals surface area contributed by atoms with E-state index in [0.717, 1.165) is 11.3 Å². The van der Waals surface area contributed by atoms with E-state index in [2.05, 4.69) is 15.3 Å². The standard InChI is InChI=1S/C16H12ClN3OS/c1-10-5-4-7-11(14(10)17)19-15(21)13-9-22-16(20-13)12-6-2-3-8-18-12/h2-9H,1H3,(H,19,21). The van der Waals surface area contributed by atoms with Crippen molar-refractivity contribution in [2.75, 3.05) is 5.32 Å². The first-order valence-corrected chi connectivity index (χ1v) is 7.84. The third-order valence-electron chi connectivity index (χ3n) is 3.06. The van der Waals surface area contributed by atoms with Gasteiger partial charge < -0.3 is 5.32 Å². The Morgan fingerprint density at radius 3 is 2.86 bits per heavy atom. The molecule has 110 valence electrons. The predicted molar refractivity (Wildman–Crippen MR) is 89.5 cm³/mol. The normalized spacial score (nSPS) is 10.5. The fourth-order valence-corrected chi connectivity index (χ4v) is 2.86. The van der Waals surface area contributed by atoms with E-state index in [-0.39, 0.29) is 5.91 Å². The van der Waals surface area contributed by atoms with Crippen LogP contribution in [0.1, 0.15) is 16.1 Å². The molecule has 0 fully saturated rings. The Kier molecular flexibility index (Phi) is 4.18. The lowest BCUT2D eigenvalue weighted by molar-refractivity contribution is 0.102. The number of amides is 1. The Morgan fingerprint density at radius 1 is 1.23 bits per heavy atom. The van der Waals surface area contributed by atoms with Gasteiger partial charge in [-0.05, 0) is 30.7 Å². The topological polar surface area (TPSA) is 54.9 Å². The molecule has 0 spiro atoms. The summed E-state index contributed by atoms with van der Waals surface area (Å²) in [5.41, 5.74) is 2.59. The predicted octanol–water partition coefficient (Wildman–Crippen LogP) is 4.42.